The Bertz CT molecular complexity index is 612. The summed E-state index contributed by atoms with van der Waals surface area (Å²) in [6, 6.07) is 13.9. The fraction of sp³-hybridized carbons (Fsp3) is 0.0667. The van der Waals surface area contributed by atoms with Crippen LogP contribution in [0.2, 0.25) is 0 Å². The van der Waals surface area contributed by atoms with E-state index in [-0.39, 0.29) is 6.61 Å². The average Bonchev–Trinajstić information content (AvgIpc) is 2.46. The number of halogens is 1. The second kappa shape index (κ2) is 5.78. The van der Waals surface area contributed by atoms with Crippen LogP contribution in [-0.2, 0) is 11.3 Å². The fourth-order valence-electron chi connectivity index (χ4n) is 1.49. The van der Waals surface area contributed by atoms with Gasteiger partial charge in [-0.05, 0) is 42.0 Å². The maximum Gasteiger partial charge on any atom is 0.338 e. The highest BCUT2D eigenvalue weighted by Gasteiger charge is 2.07. The van der Waals surface area contributed by atoms with Crippen LogP contribution < -0.4 is 0 Å². The molecular formula is C15H10FNO2. The van der Waals surface area contributed by atoms with E-state index in [4.69, 9.17) is 10.00 Å². The Balaban J connectivity index is 1.96. The monoisotopic (exact) mass is 255 g/mol. The minimum atomic E-state index is -0.510. The third-order valence-electron chi connectivity index (χ3n) is 2.53. The number of esters is 1. The molecule has 0 saturated carbocycles. The highest BCUT2D eigenvalue weighted by atomic mass is 19.1. The lowest BCUT2D eigenvalue weighted by atomic mass is 10.1. The Morgan fingerprint density at radius 1 is 1.11 bits per heavy atom. The van der Waals surface area contributed by atoms with Crippen molar-refractivity contribution >= 4 is 5.97 Å². The Labute approximate surface area is 109 Å². The van der Waals surface area contributed by atoms with E-state index in [9.17, 15) is 9.18 Å². The van der Waals surface area contributed by atoms with Crippen molar-refractivity contribution in [2.75, 3.05) is 0 Å². The fourth-order valence-corrected chi connectivity index (χ4v) is 1.49. The maximum absolute atomic E-state index is 12.7. The van der Waals surface area contributed by atoms with Crippen molar-refractivity contribution in [2.45, 2.75) is 6.61 Å². The second-order valence-electron chi connectivity index (χ2n) is 3.89. The molecule has 0 aliphatic heterocycles. The van der Waals surface area contributed by atoms with Crippen LogP contribution in [0.5, 0.6) is 0 Å². The summed E-state index contributed by atoms with van der Waals surface area (Å²) in [7, 11) is 0. The van der Waals surface area contributed by atoms with Gasteiger partial charge in [0.1, 0.15) is 12.4 Å². The quantitative estimate of drug-likeness (QED) is 0.792. The van der Waals surface area contributed by atoms with Crippen LogP contribution in [0.15, 0.2) is 48.5 Å². The predicted octanol–water partition coefficient (Wildman–Crippen LogP) is 3.05. The Hall–Kier alpha value is -2.67. The molecule has 0 amide bonds. The molecule has 0 aliphatic rings. The summed E-state index contributed by atoms with van der Waals surface area (Å²) in [5.74, 6) is -0.909. The normalized spacial score (nSPS) is 9.68. The second-order valence-corrected chi connectivity index (χ2v) is 3.89. The summed E-state index contributed by atoms with van der Waals surface area (Å²) in [5.41, 5.74) is 1.64. The highest BCUT2D eigenvalue weighted by molar-refractivity contribution is 5.89. The summed E-state index contributed by atoms with van der Waals surface area (Å²) in [4.78, 5) is 11.7. The van der Waals surface area contributed by atoms with Gasteiger partial charge in [0.15, 0.2) is 0 Å². The van der Waals surface area contributed by atoms with Gasteiger partial charge >= 0.3 is 5.97 Å². The SMILES string of the molecule is N#Cc1ccc(COC(=O)c2ccc(F)cc2)cc1. The molecule has 0 aliphatic carbocycles. The van der Waals surface area contributed by atoms with E-state index in [1.807, 2.05) is 6.07 Å². The van der Waals surface area contributed by atoms with Gasteiger partial charge in [0.2, 0.25) is 0 Å². The van der Waals surface area contributed by atoms with Gasteiger partial charge < -0.3 is 4.74 Å². The van der Waals surface area contributed by atoms with Gasteiger partial charge in [-0.1, -0.05) is 12.1 Å². The first-order chi connectivity index (χ1) is 9.19. The summed E-state index contributed by atoms with van der Waals surface area (Å²) >= 11 is 0. The molecule has 0 spiro atoms. The third-order valence-corrected chi connectivity index (χ3v) is 2.53. The zero-order valence-electron chi connectivity index (χ0n) is 9.97. The van der Waals surface area contributed by atoms with E-state index in [1.165, 1.54) is 24.3 Å². The smallest absolute Gasteiger partial charge is 0.338 e. The van der Waals surface area contributed by atoms with Crippen molar-refractivity contribution in [1.82, 2.24) is 0 Å². The summed E-state index contributed by atoms with van der Waals surface area (Å²) in [6.07, 6.45) is 0. The molecule has 0 fully saturated rings. The average molecular weight is 255 g/mol. The summed E-state index contributed by atoms with van der Waals surface area (Å²) < 4.78 is 17.8. The lowest BCUT2D eigenvalue weighted by Gasteiger charge is -2.05. The topological polar surface area (TPSA) is 50.1 Å². The highest BCUT2D eigenvalue weighted by Crippen LogP contribution is 2.08. The molecule has 3 nitrogen and oxygen atoms in total. The van der Waals surface area contributed by atoms with Crippen molar-refractivity contribution in [3.05, 3.63) is 71.0 Å². The number of ether oxygens (including phenoxy) is 1. The predicted molar refractivity (Wildman–Crippen MR) is 66.7 cm³/mol. The van der Waals surface area contributed by atoms with E-state index >= 15 is 0 Å². The molecule has 2 rings (SSSR count). The lowest BCUT2D eigenvalue weighted by molar-refractivity contribution is 0.0472. The number of nitrogens with zero attached hydrogens (tertiary/aromatic N) is 1. The van der Waals surface area contributed by atoms with Gasteiger partial charge in [-0.15, -0.1) is 0 Å². The standard InChI is InChI=1S/C15H10FNO2/c16-14-7-5-13(6-8-14)15(18)19-10-12-3-1-11(9-17)2-4-12/h1-8H,10H2. The van der Waals surface area contributed by atoms with E-state index in [0.29, 0.717) is 11.1 Å². The molecule has 94 valence electrons. The van der Waals surface area contributed by atoms with Gasteiger partial charge in [0, 0.05) is 0 Å². The minimum Gasteiger partial charge on any atom is -0.457 e. The van der Waals surface area contributed by atoms with Crippen molar-refractivity contribution in [1.29, 1.82) is 5.26 Å². The number of nitriles is 1. The van der Waals surface area contributed by atoms with Crippen molar-refractivity contribution < 1.29 is 13.9 Å². The zero-order valence-corrected chi connectivity index (χ0v) is 9.97. The number of carbonyl (C=O) groups excluding carboxylic acids is 1. The molecule has 4 heteroatoms. The lowest BCUT2D eigenvalue weighted by Crippen LogP contribution is -2.05. The number of benzene rings is 2. The van der Waals surface area contributed by atoms with Crippen LogP contribution in [0.25, 0.3) is 0 Å². The molecular weight excluding hydrogens is 245 g/mol. The third kappa shape index (κ3) is 3.39. The van der Waals surface area contributed by atoms with Gasteiger partial charge in [-0.2, -0.15) is 5.26 Å². The molecule has 2 aromatic carbocycles. The Morgan fingerprint density at radius 3 is 2.32 bits per heavy atom. The molecule has 0 saturated heterocycles. The molecule has 0 N–H and O–H groups in total. The molecule has 0 radical (unpaired) electrons. The number of hydrogen-bond acceptors (Lipinski definition) is 3. The van der Waals surface area contributed by atoms with Crippen LogP contribution >= 0.6 is 0 Å². The van der Waals surface area contributed by atoms with Gasteiger partial charge in [0.25, 0.3) is 0 Å². The van der Waals surface area contributed by atoms with Gasteiger partial charge in [-0.3, -0.25) is 0 Å². The number of hydrogen-bond donors (Lipinski definition) is 0. The van der Waals surface area contributed by atoms with E-state index in [2.05, 4.69) is 0 Å². The first kappa shape index (κ1) is 12.8. The van der Waals surface area contributed by atoms with Crippen LogP contribution in [-0.4, -0.2) is 5.97 Å². The number of rotatable bonds is 3. The maximum atomic E-state index is 12.7. The molecule has 0 aromatic heterocycles. The molecule has 19 heavy (non-hydrogen) atoms. The van der Waals surface area contributed by atoms with Crippen molar-refractivity contribution in [3.63, 3.8) is 0 Å². The van der Waals surface area contributed by atoms with Crippen molar-refractivity contribution in [3.8, 4) is 6.07 Å². The van der Waals surface area contributed by atoms with E-state index < -0.39 is 11.8 Å². The Morgan fingerprint density at radius 2 is 1.74 bits per heavy atom. The number of carbonyl (C=O) groups is 1. The summed E-state index contributed by atoms with van der Waals surface area (Å²) in [5, 5.41) is 8.65. The molecule has 0 bridgehead atoms. The first-order valence-electron chi connectivity index (χ1n) is 5.61. The largest absolute Gasteiger partial charge is 0.457 e. The van der Waals surface area contributed by atoms with Crippen LogP contribution in [0.1, 0.15) is 21.5 Å². The van der Waals surface area contributed by atoms with E-state index in [0.717, 1.165) is 5.56 Å². The van der Waals surface area contributed by atoms with Gasteiger partial charge in [-0.25, -0.2) is 9.18 Å². The summed E-state index contributed by atoms with van der Waals surface area (Å²) in [6.45, 7) is 0.113. The van der Waals surface area contributed by atoms with Crippen LogP contribution in [0, 0.1) is 17.1 Å². The van der Waals surface area contributed by atoms with Gasteiger partial charge in [0.05, 0.1) is 17.2 Å². The van der Waals surface area contributed by atoms with Crippen LogP contribution in [0.3, 0.4) is 0 Å². The molecule has 0 atom stereocenters. The molecule has 2 aromatic rings. The zero-order chi connectivity index (χ0) is 13.7. The molecule has 0 unspecified atom stereocenters. The first-order valence-corrected chi connectivity index (χ1v) is 5.61. The molecule has 0 heterocycles. The van der Waals surface area contributed by atoms with Crippen molar-refractivity contribution in [2.24, 2.45) is 0 Å². The van der Waals surface area contributed by atoms with E-state index in [1.54, 1.807) is 24.3 Å². The van der Waals surface area contributed by atoms with Crippen LogP contribution in [0.4, 0.5) is 4.39 Å². The minimum absolute atomic E-state index is 0.113. The Kier molecular flexibility index (Phi) is 3.89.